The van der Waals surface area contributed by atoms with Crippen LogP contribution >= 0.6 is 12.2 Å². The van der Waals surface area contributed by atoms with Gasteiger partial charge in [0.05, 0.1) is 6.61 Å². The van der Waals surface area contributed by atoms with Crippen molar-refractivity contribution in [3.05, 3.63) is 21.5 Å². The monoisotopic (exact) mass is 268 g/mol. The van der Waals surface area contributed by atoms with Gasteiger partial charge in [0, 0.05) is 14.1 Å². The van der Waals surface area contributed by atoms with Gasteiger partial charge in [0.15, 0.2) is 5.65 Å². The molecule has 0 atom stereocenters. The lowest BCUT2D eigenvalue weighted by Gasteiger charge is -2.06. The topological polar surface area (TPSA) is 71.1 Å². The van der Waals surface area contributed by atoms with Crippen molar-refractivity contribution in [1.82, 2.24) is 18.7 Å². The number of rotatable bonds is 1. The van der Waals surface area contributed by atoms with Gasteiger partial charge in [0.2, 0.25) is 0 Å². The van der Waals surface area contributed by atoms with E-state index in [1.165, 1.54) is 20.0 Å². The van der Waals surface area contributed by atoms with Gasteiger partial charge in [-0.2, -0.15) is 0 Å². The van der Waals surface area contributed by atoms with Crippen LogP contribution in [0.5, 0.6) is 0 Å². The number of imidazole rings is 1. The number of fused-ring (bicyclic) bond motifs is 1. The van der Waals surface area contributed by atoms with Crippen molar-refractivity contribution in [3.8, 4) is 0 Å². The Morgan fingerprint density at radius 3 is 2.72 bits per heavy atom. The van der Waals surface area contributed by atoms with E-state index >= 15 is 0 Å². The van der Waals surface area contributed by atoms with Crippen LogP contribution in [0.4, 0.5) is 4.79 Å². The van der Waals surface area contributed by atoms with Crippen LogP contribution in [0.1, 0.15) is 6.92 Å². The largest absolute Gasteiger partial charge is 0.449 e. The summed E-state index contributed by atoms with van der Waals surface area (Å²) in [5, 5.41) is 0. The molecule has 0 radical (unpaired) electrons. The van der Waals surface area contributed by atoms with Gasteiger partial charge in [-0.3, -0.25) is 9.13 Å². The molecule has 96 valence electrons. The van der Waals surface area contributed by atoms with Gasteiger partial charge in [-0.1, -0.05) is 12.2 Å². The highest BCUT2D eigenvalue weighted by molar-refractivity contribution is 7.71. The van der Waals surface area contributed by atoms with Crippen molar-refractivity contribution < 1.29 is 9.53 Å². The highest BCUT2D eigenvalue weighted by Crippen LogP contribution is 2.12. The van der Waals surface area contributed by atoms with E-state index in [-0.39, 0.29) is 16.9 Å². The number of carbonyl (C=O) groups excluding carboxylic acids is 1. The third kappa shape index (κ3) is 1.65. The van der Waals surface area contributed by atoms with E-state index < -0.39 is 6.09 Å². The minimum Gasteiger partial charge on any atom is -0.449 e. The zero-order chi connectivity index (χ0) is 13.4. The minimum atomic E-state index is -0.565. The van der Waals surface area contributed by atoms with Gasteiger partial charge >= 0.3 is 11.8 Å². The molecule has 0 N–H and O–H groups in total. The van der Waals surface area contributed by atoms with Crippen LogP contribution in [-0.4, -0.2) is 31.4 Å². The number of hydrogen-bond donors (Lipinski definition) is 0. The van der Waals surface area contributed by atoms with Crippen molar-refractivity contribution >= 4 is 29.5 Å². The quantitative estimate of drug-likeness (QED) is 0.716. The Morgan fingerprint density at radius 2 is 2.11 bits per heavy atom. The number of nitrogens with zero attached hydrogens (tertiary/aromatic N) is 4. The molecule has 0 saturated heterocycles. The molecule has 0 amide bonds. The highest BCUT2D eigenvalue weighted by atomic mass is 32.1. The van der Waals surface area contributed by atoms with Gasteiger partial charge in [-0.25, -0.2) is 19.1 Å². The average molecular weight is 268 g/mol. The highest BCUT2D eigenvalue weighted by Gasteiger charge is 2.16. The fourth-order valence-corrected chi connectivity index (χ4v) is 1.94. The summed E-state index contributed by atoms with van der Waals surface area (Å²) in [5.74, 6) is 0. The van der Waals surface area contributed by atoms with E-state index in [1.807, 2.05) is 0 Å². The third-order valence-corrected chi connectivity index (χ3v) is 3.08. The minimum absolute atomic E-state index is 0.249. The first-order valence-corrected chi connectivity index (χ1v) is 5.70. The number of aryl methyl sites for hydroxylation is 1. The summed E-state index contributed by atoms with van der Waals surface area (Å²) in [4.78, 5) is 27.6. The van der Waals surface area contributed by atoms with Crippen LogP contribution in [-0.2, 0) is 18.8 Å². The average Bonchev–Trinajstić information content (AvgIpc) is 2.79. The van der Waals surface area contributed by atoms with Crippen LogP contribution in [0.2, 0.25) is 0 Å². The molecule has 0 aromatic carbocycles. The van der Waals surface area contributed by atoms with Gasteiger partial charge in [-0.05, 0) is 6.92 Å². The third-order valence-electron chi connectivity index (χ3n) is 2.61. The van der Waals surface area contributed by atoms with Crippen LogP contribution in [0.15, 0.2) is 11.1 Å². The van der Waals surface area contributed by atoms with Crippen LogP contribution in [0.3, 0.4) is 0 Å². The first kappa shape index (κ1) is 12.5. The van der Waals surface area contributed by atoms with Crippen molar-refractivity contribution in [3.63, 3.8) is 0 Å². The number of ether oxygens (including phenoxy) is 1. The first-order valence-electron chi connectivity index (χ1n) is 5.29. The van der Waals surface area contributed by atoms with Gasteiger partial charge in [0.25, 0.3) is 0 Å². The molecular weight excluding hydrogens is 256 g/mol. The lowest BCUT2D eigenvalue weighted by molar-refractivity contribution is 0.155. The standard InChI is InChI=1S/C10H12N4O3S/c1-4-17-10(16)14-5-11-7-6(14)8(18)13(3)9(15)12(7)2/h5H,4H2,1-3H3. The van der Waals surface area contributed by atoms with Crippen molar-refractivity contribution in [1.29, 1.82) is 0 Å². The second-order valence-corrected chi connectivity index (χ2v) is 4.08. The SMILES string of the molecule is CCOC(=O)n1cnc2c1c(=S)n(C)c(=O)n2C. The predicted molar refractivity (Wildman–Crippen MR) is 67.2 cm³/mol. The molecular formula is C10H12N4O3S. The van der Waals surface area contributed by atoms with Gasteiger partial charge in [-0.15, -0.1) is 0 Å². The lowest BCUT2D eigenvalue weighted by atomic mass is 10.5. The van der Waals surface area contributed by atoms with Crippen molar-refractivity contribution in [2.75, 3.05) is 6.61 Å². The van der Waals surface area contributed by atoms with Crippen LogP contribution < -0.4 is 5.69 Å². The molecule has 0 aliphatic heterocycles. The summed E-state index contributed by atoms with van der Waals surface area (Å²) >= 11 is 5.17. The molecule has 0 fully saturated rings. The van der Waals surface area contributed by atoms with E-state index in [0.29, 0.717) is 11.2 Å². The van der Waals surface area contributed by atoms with Gasteiger partial charge < -0.3 is 4.74 Å². The summed E-state index contributed by atoms with van der Waals surface area (Å²) in [6, 6.07) is 0. The second-order valence-electron chi connectivity index (χ2n) is 3.69. The zero-order valence-corrected chi connectivity index (χ0v) is 11.0. The molecule has 0 bridgehead atoms. The zero-order valence-electron chi connectivity index (χ0n) is 10.2. The summed E-state index contributed by atoms with van der Waals surface area (Å²) < 4.78 is 8.98. The summed E-state index contributed by atoms with van der Waals surface area (Å²) in [6.07, 6.45) is 0.738. The molecule has 2 heterocycles. The maximum Gasteiger partial charge on any atom is 0.419 e. The molecule has 8 heteroatoms. The number of carbonyl (C=O) groups is 1. The Labute approximate surface area is 107 Å². The van der Waals surface area contributed by atoms with E-state index in [1.54, 1.807) is 21.0 Å². The molecule has 0 aliphatic rings. The molecule has 2 aromatic heterocycles. The van der Waals surface area contributed by atoms with Crippen LogP contribution in [0.25, 0.3) is 11.2 Å². The van der Waals surface area contributed by atoms with E-state index in [4.69, 9.17) is 17.0 Å². The maximum atomic E-state index is 11.8. The van der Waals surface area contributed by atoms with Crippen molar-refractivity contribution in [2.45, 2.75) is 6.92 Å². The Hall–Kier alpha value is -1.96. The molecule has 2 rings (SSSR count). The smallest absolute Gasteiger partial charge is 0.419 e. The second kappa shape index (κ2) is 4.37. The van der Waals surface area contributed by atoms with Crippen molar-refractivity contribution in [2.24, 2.45) is 14.1 Å². The Balaban J connectivity index is 2.86. The van der Waals surface area contributed by atoms with E-state index in [9.17, 15) is 9.59 Å². The Bertz CT molecular complexity index is 740. The van der Waals surface area contributed by atoms with E-state index in [2.05, 4.69) is 4.98 Å². The summed E-state index contributed by atoms with van der Waals surface area (Å²) in [6.45, 7) is 1.96. The summed E-state index contributed by atoms with van der Waals surface area (Å²) in [7, 11) is 3.12. The van der Waals surface area contributed by atoms with Gasteiger partial charge in [0.1, 0.15) is 16.5 Å². The Kier molecular flexibility index (Phi) is 3.04. The maximum absolute atomic E-state index is 11.8. The molecule has 0 aliphatic carbocycles. The molecule has 2 aromatic rings. The molecule has 18 heavy (non-hydrogen) atoms. The van der Waals surface area contributed by atoms with E-state index in [0.717, 1.165) is 0 Å². The normalized spacial score (nSPS) is 10.8. The number of aromatic nitrogens is 4. The fourth-order valence-electron chi connectivity index (χ4n) is 1.68. The van der Waals surface area contributed by atoms with Crippen LogP contribution in [0, 0.1) is 4.64 Å². The Morgan fingerprint density at radius 1 is 1.44 bits per heavy atom. The first-order chi connectivity index (χ1) is 8.49. The predicted octanol–water partition coefficient (Wildman–Crippen LogP) is 0.808. The molecule has 0 spiro atoms. The lowest BCUT2D eigenvalue weighted by Crippen LogP contribution is -2.28. The fraction of sp³-hybridized carbons (Fsp3) is 0.400. The molecule has 0 unspecified atom stereocenters. The molecule has 7 nitrogen and oxygen atoms in total. The molecule has 0 saturated carbocycles. The number of hydrogen-bond acceptors (Lipinski definition) is 5. The summed E-state index contributed by atoms with van der Waals surface area (Å²) in [5.41, 5.74) is 0.464.